The van der Waals surface area contributed by atoms with Crippen LogP contribution in [0.4, 0.5) is 0 Å². The number of rotatable bonds is 43. The van der Waals surface area contributed by atoms with Crippen molar-refractivity contribution in [2.45, 2.75) is 39.5 Å². The molecule has 1 atom stereocenters. The van der Waals surface area contributed by atoms with Crippen molar-refractivity contribution in [3.8, 4) is 0 Å². The first-order valence-electron chi connectivity index (χ1n) is 18.0. The van der Waals surface area contributed by atoms with Crippen LogP contribution in [0.25, 0.3) is 0 Å². The molecule has 1 amide bonds. The van der Waals surface area contributed by atoms with Crippen LogP contribution in [-0.2, 0) is 66.4 Å². The summed E-state index contributed by atoms with van der Waals surface area (Å²) in [6.07, 6.45) is 1.60. The van der Waals surface area contributed by atoms with Crippen LogP contribution in [0, 0.1) is 5.92 Å². The van der Waals surface area contributed by atoms with Crippen LogP contribution >= 0.6 is 0 Å². The molecule has 2 N–H and O–H groups in total. The Morgan fingerprint density at radius 3 is 1.02 bits per heavy atom. The van der Waals surface area contributed by atoms with Gasteiger partial charge in [0.25, 0.3) is 0 Å². The predicted molar refractivity (Wildman–Crippen MR) is 184 cm³/mol. The Labute approximate surface area is 299 Å². The van der Waals surface area contributed by atoms with Gasteiger partial charge in [-0.2, -0.15) is 0 Å². The maximum atomic E-state index is 11.4. The molecule has 0 radical (unpaired) electrons. The highest BCUT2D eigenvalue weighted by Crippen LogP contribution is 2.00. The van der Waals surface area contributed by atoms with Crippen LogP contribution in [-0.4, -0.2) is 182 Å². The summed E-state index contributed by atoms with van der Waals surface area (Å²) in [5.74, 6) is -0.659. The van der Waals surface area contributed by atoms with Gasteiger partial charge in [-0.15, -0.1) is 0 Å². The third-order valence-corrected chi connectivity index (χ3v) is 6.54. The first kappa shape index (κ1) is 48.5. The molecule has 0 aromatic rings. The molecule has 0 spiro atoms. The minimum Gasteiger partial charge on any atom is -0.481 e. The molecular weight excluding hydrogens is 662 g/mol. The van der Waals surface area contributed by atoms with Crippen molar-refractivity contribution in [1.82, 2.24) is 5.32 Å². The van der Waals surface area contributed by atoms with Crippen molar-refractivity contribution in [3.05, 3.63) is 0 Å². The molecule has 0 saturated carbocycles. The fourth-order valence-electron chi connectivity index (χ4n) is 3.53. The number of hydrogen-bond donors (Lipinski definition) is 2. The molecule has 0 rings (SSSR count). The maximum absolute atomic E-state index is 11.4. The van der Waals surface area contributed by atoms with E-state index in [1.54, 1.807) is 0 Å². The highest BCUT2D eigenvalue weighted by Gasteiger charge is 2.04. The monoisotopic (exact) mass is 729 g/mol. The van der Waals surface area contributed by atoms with Gasteiger partial charge in [0.15, 0.2) is 0 Å². The number of carboxylic acids is 1. The number of ether oxygens (including phenoxy) is 12. The van der Waals surface area contributed by atoms with Crippen molar-refractivity contribution in [3.63, 3.8) is 0 Å². The molecule has 0 bridgehead atoms. The lowest BCUT2D eigenvalue weighted by Gasteiger charge is -2.10. The van der Waals surface area contributed by atoms with Gasteiger partial charge in [-0.1, -0.05) is 20.3 Å². The zero-order valence-corrected chi connectivity index (χ0v) is 30.7. The SMILES string of the molecule is CCC(C)COCCOCCOCCOCCOCCOCCOCCOCCOCCOCCOCCOCCCNC(=O)CCC(=O)O. The standard InChI is InChI=1S/C34H67NO15/c1-3-32(2)31-50-30-29-49-28-27-48-26-25-47-24-23-46-22-21-45-20-19-44-18-17-43-16-15-42-14-13-41-12-11-40-10-9-39-8-4-7-35-33(36)5-6-34(37)38/h32H,3-31H2,1-2H3,(H,35,36)(H,37,38). The largest absolute Gasteiger partial charge is 0.481 e. The smallest absolute Gasteiger partial charge is 0.303 e. The van der Waals surface area contributed by atoms with Gasteiger partial charge >= 0.3 is 5.97 Å². The van der Waals surface area contributed by atoms with Crippen molar-refractivity contribution in [1.29, 1.82) is 0 Å². The summed E-state index contributed by atoms with van der Waals surface area (Å²) < 4.78 is 65.6. The Bertz CT molecular complexity index is 708. The van der Waals surface area contributed by atoms with Crippen molar-refractivity contribution in [2.24, 2.45) is 5.92 Å². The Morgan fingerprint density at radius 1 is 0.460 bits per heavy atom. The molecule has 1 unspecified atom stereocenters. The van der Waals surface area contributed by atoms with E-state index < -0.39 is 5.97 Å². The Hall–Kier alpha value is -1.54. The highest BCUT2D eigenvalue weighted by molar-refractivity contribution is 5.80. The Kier molecular flexibility index (Phi) is 40.6. The van der Waals surface area contributed by atoms with Gasteiger partial charge in [-0.05, 0) is 12.3 Å². The van der Waals surface area contributed by atoms with Crippen LogP contribution in [0.2, 0.25) is 0 Å². The fraction of sp³-hybridized carbons (Fsp3) is 0.941. The third-order valence-electron chi connectivity index (χ3n) is 6.54. The van der Waals surface area contributed by atoms with E-state index in [2.05, 4.69) is 19.2 Å². The van der Waals surface area contributed by atoms with Crippen LogP contribution in [0.15, 0.2) is 0 Å². The molecule has 0 aromatic heterocycles. The average molecular weight is 730 g/mol. The first-order chi connectivity index (χ1) is 24.6. The van der Waals surface area contributed by atoms with Gasteiger partial charge in [0, 0.05) is 26.2 Å². The van der Waals surface area contributed by atoms with Gasteiger partial charge in [0.05, 0.1) is 152 Å². The number of carboxylic acid groups (broad SMARTS) is 1. The van der Waals surface area contributed by atoms with Crippen LogP contribution in [0.5, 0.6) is 0 Å². The summed E-state index contributed by atoms with van der Waals surface area (Å²) in [5.41, 5.74) is 0. The lowest BCUT2D eigenvalue weighted by Crippen LogP contribution is -2.25. The number of amides is 1. The van der Waals surface area contributed by atoms with Gasteiger partial charge in [0.2, 0.25) is 5.91 Å². The molecule has 0 saturated heterocycles. The van der Waals surface area contributed by atoms with E-state index >= 15 is 0 Å². The summed E-state index contributed by atoms with van der Waals surface area (Å²) in [7, 11) is 0. The first-order valence-corrected chi connectivity index (χ1v) is 18.0. The average Bonchev–Trinajstić information content (AvgIpc) is 3.11. The fourth-order valence-corrected chi connectivity index (χ4v) is 3.53. The normalized spacial score (nSPS) is 12.0. The molecule has 0 aliphatic carbocycles. The zero-order chi connectivity index (χ0) is 36.4. The second-order valence-corrected chi connectivity index (χ2v) is 10.9. The molecule has 0 heterocycles. The van der Waals surface area contributed by atoms with Gasteiger partial charge < -0.3 is 67.3 Å². The molecule has 16 nitrogen and oxygen atoms in total. The number of carbonyl (C=O) groups is 2. The summed E-state index contributed by atoms with van der Waals surface area (Å²) >= 11 is 0. The minimum absolute atomic E-state index is 0.0103. The van der Waals surface area contributed by atoms with E-state index in [9.17, 15) is 9.59 Å². The minimum atomic E-state index is -0.983. The van der Waals surface area contributed by atoms with Crippen molar-refractivity contribution in [2.75, 3.05) is 165 Å². The molecular formula is C34H67NO15. The predicted octanol–water partition coefficient (Wildman–Crippen LogP) is 1.60. The van der Waals surface area contributed by atoms with E-state index in [0.29, 0.717) is 171 Å². The van der Waals surface area contributed by atoms with E-state index in [1.807, 2.05) is 0 Å². The summed E-state index contributed by atoms with van der Waals surface area (Å²) in [4.78, 5) is 21.8. The summed E-state index contributed by atoms with van der Waals surface area (Å²) in [6.45, 7) is 17.2. The summed E-state index contributed by atoms with van der Waals surface area (Å²) in [6, 6.07) is 0. The topological polar surface area (TPSA) is 177 Å². The van der Waals surface area contributed by atoms with Gasteiger partial charge in [-0.3, -0.25) is 9.59 Å². The lowest BCUT2D eigenvalue weighted by molar-refractivity contribution is -0.138. The van der Waals surface area contributed by atoms with Crippen molar-refractivity contribution >= 4 is 11.9 Å². The molecule has 0 aliphatic rings. The molecule has 0 aromatic carbocycles. The van der Waals surface area contributed by atoms with Crippen LogP contribution in [0.3, 0.4) is 0 Å². The molecule has 298 valence electrons. The Morgan fingerprint density at radius 2 is 0.740 bits per heavy atom. The summed E-state index contributed by atoms with van der Waals surface area (Å²) in [5, 5.41) is 11.2. The van der Waals surface area contributed by atoms with Gasteiger partial charge in [-0.25, -0.2) is 0 Å². The zero-order valence-electron chi connectivity index (χ0n) is 30.7. The van der Waals surface area contributed by atoms with Crippen LogP contribution in [0.1, 0.15) is 39.5 Å². The molecule has 50 heavy (non-hydrogen) atoms. The maximum Gasteiger partial charge on any atom is 0.303 e. The number of carbonyl (C=O) groups excluding carboxylic acids is 1. The number of aliphatic carboxylic acids is 1. The highest BCUT2D eigenvalue weighted by atomic mass is 16.6. The van der Waals surface area contributed by atoms with E-state index in [-0.39, 0.29) is 18.7 Å². The van der Waals surface area contributed by atoms with E-state index in [1.165, 1.54) is 0 Å². The third kappa shape index (κ3) is 42.6. The van der Waals surface area contributed by atoms with E-state index in [4.69, 9.17) is 61.9 Å². The van der Waals surface area contributed by atoms with Crippen LogP contribution < -0.4 is 5.32 Å². The van der Waals surface area contributed by atoms with Gasteiger partial charge in [0.1, 0.15) is 0 Å². The molecule has 0 fully saturated rings. The molecule has 0 aliphatic heterocycles. The second kappa shape index (κ2) is 41.9. The van der Waals surface area contributed by atoms with E-state index in [0.717, 1.165) is 13.0 Å². The number of hydrogen-bond acceptors (Lipinski definition) is 14. The lowest BCUT2D eigenvalue weighted by atomic mass is 10.1. The number of nitrogens with one attached hydrogen (secondary N) is 1. The Balaban J connectivity index is 3.09. The van der Waals surface area contributed by atoms with Crippen molar-refractivity contribution < 1.29 is 71.5 Å². The second-order valence-electron chi connectivity index (χ2n) is 10.9. The molecule has 16 heteroatoms. The quantitative estimate of drug-likeness (QED) is 0.0865.